The molecule has 2 amide bonds. The fourth-order valence-electron chi connectivity index (χ4n) is 3.49. The summed E-state index contributed by atoms with van der Waals surface area (Å²) in [5.41, 5.74) is 7.51. The maximum absolute atomic E-state index is 12.7. The van der Waals surface area contributed by atoms with Crippen molar-refractivity contribution in [2.24, 2.45) is 11.7 Å². The van der Waals surface area contributed by atoms with Gasteiger partial charge in [0.2, 0.25) is 11.8 Å². The Labute approximate surface area is 154 Å². The Hall–Kier alpha value is -2.66. The number of rotatable bonds is 6. The molecule has 0 aromatic heterocycles. The summed E-state index contributed by atoms with van der Waals surface area (Å²) in [7, 11) is 0. The van der Waals surface area contributed by atoms with Crippen LogP contribution < -0.4 is 11.1 Å². The highest BCUT2D eigenvalue weighted by molar-refractivity contribution is 5.80. The molecule has 0 unspecified atom stereocenters. The van der Waals surface area contributed by atoms with Crippen molar-refractivity contribution in [1.82, 2.24) is 10.2 Å². The van der Waals surface area contributed by atoms with Gasteiger partial charge in [-0.25, -0.2) is 0 Å². The Morgan fingerprint density at radius 1 is 1.04 bits per heavy atom. The number of piperidine rings is 1. The minimum atomic E-state index is -0.276. The van der Waals surface area contributed by atoms with Crippen LogP contribution >= 0.6 is 0 Å². The van der Waals surface area contributed by atoms with E-state index in [1.165, 1.54) is 0 Å². The zero-order valence-corrected chi connectivity index (χ0v) is 14.8. The SMILES string of the molecule is NC(=O)[C@H]1CCCN(CC(=O)NC(c2ccccc2)c2ccccc2)C1. The molecule has 1 atom stereocenters. The summed E-state index contributed by atoms with van der Waals surface area (Å²) >= 11 is 0. The second kappa shape index (κ2) is 8.63. The van der Waals surface area contributed by atoms with E-state index in [2.05, 4.69) is 5.32 Å². The number of nitrogens with two attached hydrogens (primary N) is 1. The first-order valence-electron chi connectivity index (χ1n) is 9.04. The molecule has 5 nitrogen and oxygen atoms in total. The maximum Gasteiger partial charge on any atom is 0.234 e. The summed E-state index contributed by atoms with van der Waals surface area (Å²) in [5.74, 6) is -0.482. The number of nitrogens with zero attached hydrogens (tertiary/aromatic N) is 1. The van der Waals surface area contributed by atoms with E-state index >= 15 is 0 Å². The van der Waals surface area contributed by atoms with Crippen LogP contribution in [0.3, 0.4) is 0 Å². The molecule has 0 bridgehead atoms. The number of likely N-dealkylation sites (tertiary alicyclic amines) is 1. The van der Waals surface area contributed by atoms with E-state index in [0.29, 0.717) is 6.54 Å². The molecule has 5 heteroatoms. The average Bonchev–Trinajstić information content (AvgIpc) is 2.67. The number of hydrogen-bond acceptors (Lipinski definition) is 3. The number of benzene rings is 2. The first-order valence-corrected chi connectivity index (χ1v) is 9.04. The van der Waals surface area contributed by atoms with Crippen molar-refractivity contribution in [3.8, 4) is 0 Å². The van der Waals surface area contributed by atoms with Crippen LogP contribution in [0.2, 0.25) is 0 Å². The largest absolute Gasteiger partial charge is 0.369 e. The number of nitrogens with one attached hydrogen (secondary N) is 1. The van der Waals surface area contributed by atoms with Gasteiger partial charge in [0, 0.05) is 6.54 Å². The lowest BCUT2D eigenvalue weighted by molar-refractivity contribution is -0.127. The third kappa shape index (κ3) is 4.70. The molecule has 0 radical (unpaired) electrons. The fraction of sp³-hybridized carbons (Fsp3) is 0.333. The van der Waals surface area contributed by atoms with Crippen LogP contribution in [0.5, 0.6) is 0 Å². The van der Waals surface area contributed by atoms with Gasteiger partial charge in [0.25, 0.3) is 0 Å². The molecule has 3 N–H and O–H groups in total. The highest BCUT2D eigenvalue weighted by Gasteiger charge is 2.26. The van der Waals surface area contributed by atoms with Crippen LogP contribution in [0.25, 0.3) is 0 Å². The van der Waals surface area contributed by atoms with Gasteiger partial charge >= 0.3 is 0 Å². The molecule has 0 spiro atoms. The number of primary amides is 1. The topological polar surface area (TPSA) is 75.4 Å². The van der Waals surface area contributed by atoms with Crippen LogP contribution in [-0.4, -0.2) is 36.3 Å². The Morgan fingerprint density at radius 3 is 2.15 bits per heavy atom. The van der Waals surface area contributed by atoms with Crippen LogP contribution in [0.1, 0.15) is 30.0 Å². The van der Waals surface area contributed by atoms with Gasteiger partial charge in [-0.05, 0) is 30.5 Å². The van der Waals surface area contributed by atoms with E-state index < -0.39 is 0 Å². The van der Waals surface area contributed by atoms with E-state index in [1.807, 2.05) is 65.6 Å². The first-order chi connectivity index (χ1) is 12.6. The summed E-state index contributed by atoms with van der Waals surface area (Å²) in [4.78, 5) is 26.1. The molecular formula is C21H25N3O2. The minimum Gasteiger partial charge on any atom is -0.369 e. The van der Waals surface area contributed by atoms with Crippen LogP contribution in [0, 0.1) is 5.92 Å². The highest BCUT2D eigenvalue weighted by atomic mass is 16.2. The summed E-state index contributed by atoms with van der Waals surface area (Å²) in [6, 6.07) is 19.7. The standard InChI is InChI=1S/C21H25N3O2/c22-21(26)18-12-7-13-24(14-18)15-19(25)23-20(16-8-3-1-4-9-16)17-10-5-2-6-11-17/h1-6,8-11,18,20H,7,12-15H2,(H2,22,26)(H,23,25)/t18-/m0/s1. The molecule has 2 aromatic carbocycles. The Morgan fingerprint density at radius 2 is 1.62 bits per heavy atom. The zero-order chi connectivity index (χ0) is 18.4. The lowest BCUT2D eigenvalue weighted by Crippen LogP contribution is -2.46. The average molecular weight is 351 g/mol. The van der Waals surface area contributed by atoms with Crippen molar-refractivity contribution >= 4 is 11.8 Å². The first kappa shape index (κ1) is 18.1. The second-order valence-corrected chi connectivity index (χ2v) is 6.80. The third-order valence-electron chi connectivity index (χ3n) is 4.85. The molecule has 2 aromatic rings. The van der Waals surface area contributed by atoms with Crippen molar-refractivity contribution in [2.75, 3.05) is 19.6 Å². The van der Waals surface area contributed by atoms with Gasteiger partial charge in [-0.1, -0.05) is 60.7 Å². The number of carbonyl (C=O) groups is 2. The summed E-state index contributed by atoms with van der Waals surface area (Å²) in [5, 5.41) is 3.14. The van der Waals surface area contributed by atoms with Gasteiger partial charge in [0.15, 0.2) is 0 Å². The number of carbonyl (C=O) groups excluding carboxylic acids is 2. The monoisotopic (exact) mass is 351 g/mol. The van der Waals surface area contributed by atoms with Gasteiger partial charge in [0.05, 0.1) is 18.5 Å². The van der Waals surface area contributed by atoms with E-state index in [4.69, 9.17) is 5.73 Å². The molecule has 0 saturated carbocycles. The Bertz CT molecular complexity index is 694. The molecule has 3 rings (SSSR count). The minimum absolute atomic E-state index is 0.0483. The van der Waals surface area contributed by atoms with E-state index in [1.54, 1.807) is 0 Å². The van der Waals surface area contributed by atoms with Gasteiger partial charge in [-0.3, -0.25) is 14.5 Å². The van der Waals surface area contributed by atoms with Crippen molar-refractivity contribution in [3.05, 3.63) is 71.8 Å². The van der Waals surface area contributed by atoms with E-state index in [0.717, 1.165) is 30.5 Å². The van der Waals surface area contributed by atoms with E-state index in [-0.39, 0.29) is 30.3 Å². The molecule has 1 fully saturated rings. The lowest BCUT2D eigenvalue weighted by atomic mass is 9.97. The number of hydrogen-bond donors (Lipinski definition) is 2. The molecule has 26 heavy (non-hydrogen) atoms. The molecule has 1 heterocycles. The van der Waals surface area contributed by atoms with Gasteiger partial charge in [-0.15, -0.1) is 0 Å². The van der Waals surface area contributed by atoms with Crippen LogP contribution in [0.4, 0.5) is 0 Å². The van der Waals surface area contributed by atoms with Crippen LogP contribution in [0.15, 0.2) is 60.7 Å². The fourth-order valence-corrected chi connectivity index (χ4v) is 3.49. The third-order valence-corrected chi connectivity index (χ3v) is 4.85. The van der Waals surface area contributed by atoms with Crippen molar-refractivity contribution in [1.29, 1.82) is 0 Å². The molecule has 1 aliphatic heterocycles. The smallest absolute Gasteiger partial charge is 0.234 e. The molecular weight excluding hydrogens is 326 g/mol. The summed E-state index contributed by atoms with van der Waals surface area (Å²) < 4.78 is 0. The van der Waals surface area contributed by atoms with Crippen molar-refractivity contribution in [2.45, 2.75) is 18.9 Å². The van der Waals surface area contributed by atoms with Crippen molar-refractivity contribution in [3.63, 3.8) is 0 Å². The zero-order valence-electron chi connectivity index (χ0n) is 14.8. The van der Waals surface area contributed by atoms with Gasteiger partial charge in [0.1, 0.15) is 0 Å². The van der Waals surface area contributed by atoms with Gasteiger partial charge < -0.3 is 11.1 Å². The quantitative estimate of drug-likeness (QED) is 0.837. The molecule has 1 saturated heterocycles. The maximum atomic E-state index is 12.7. The number of amides is 2. The van der Waals surface area contributed by atoms with Crippen LogP contribution in [-0.2, 0) is 9.59 Å². The highest BCUT2D eigenvalue weighted by Crippen LogP contribution is 2.22. The Balaban J connectivity index is 1.69. The molecule has 1 aliphatic rings. The normalized spacial score (nSPS) is 17.8. The molecule has 0 aliphatic carbocycles. The van der Waals surface area contributed by atoms with Gasteiger partial charge in [-0.2, -0.15) is 0 Å². The van der Waals surface area contributed by atoms with E-state index in [9.17, 15) is 9.59 Å². The molecule has 136 valence electrons. The lowest BCUT2D eigenvalue weighted by Gasteiger charge is -2.31. The second-order valence-electron chi connectivity index (χ2n) is 6.80. The summed E-state index contributed by atoms with van der Waals surface area (Å²) in [6.07, 6.45) is 1.70. The predicted molar refractivity (Wildman–Crippen MR) is 101 cm³/mol. The Kier molecular flexibility index (Phi) is 6.02. The van der Waals surface area contributed by atoms with Crippen molar-refractivity contribution < 1.29 is 9.59 Å². The predicted octanol–water partition coefficient (Wildman–Crippen LogP) is 2.09. The summed E-state index contributed by atoms with van der Waals surface area (Å²) in [6.45, 7) is 1.66.